The van der Waals surface area contributed by atoms with Crippen LogP contribution in [-0.4, -0.2) is 51.4 Å². The average Bonchev–Trinajstić information content (AvgIpc) is 3.07. The zero-order chi connectivity index (χ0) is 17.8. The van der Waals surface area contributed by atoms with E-state index in [0.717, 1.165) is 5.69 Å². The van der Waals surface area contributed by atoms with E-state index in [1.165, 1.54) is 0 Å². The zero-order valence-electron chi connectivity index (χ0n) is 14.3. The Hall–Kier alpha value is -3.43. The second kappa shape index (κ2) is 6.99. The molecule has 25 heavy (non-hydrogen) atoms. The third-order valence-electron chi connectivity index (χ3n) is 3.50. The van der Waals surface area contributed by atoms with E-state index in [1.54, 1.807) is 32.1 Å². The van der Waals surface area contributed by atoms with Crippen LogP contribution in [0.2, 0.25) is 0 Å². The standard InChI is InChI=1S/C15H18N8O2/c1-9-20-21-22-23(9)11-7-10(5-6-12(11)24-3)18-15-17-8-13(25-4)14(16-2)19-15/h5-8H,1-4H3,(H2,16,17,18,19). The number of benzene rings is 1. The number of rotatable bonds is 6. The van der Waals surface area contributed by atoms with Crippen molar-refractivity contribution in [3.63, 3.8) is 0 Å². The van der Waals surface area contributed by atoms with Crippen molar-refractivity contribution in [2.24, 2.45) is 0 Å². The molecule has 3 aromatic rings. The first kappa shape index (κ1) is 16.4. The minimum Gasteiger partial charge on any atom is -0.494 e. The quantitative estimate of drug-likeness (QED) is 0.689. The van der Waals surface area contributed by atoms with Gasteiger partial charge in [-0.2, -0.15) is 9.67 Å². The van der Waals surface area contributed by atoms with E-state index < -0.39 is 0 Å². The van der Waals surface area contributed by atoms with Gasteiger partial charge in [0.25, 0.3) is 0 Å². The van der Waals surface area contributed by atoms with E-state index in [4.69, 9.17) is 9.47 Å². The van der Waals surface area contributed by atoms with Gasteiger partial charge in [-0.05, 0) is 35.5 Å². The van der Waals surface area contributed by atoms with E-state index in [0.29, 0.717) is 34.8 Å². The Labute approximate surface area is 144 Å². The monoisotopic (exact) mass is 342 g/mol. The normalized spacial score (nSPS) is 10.4. The molecule has 0 bridgehead atoms. The highest BCUT2D eigenvalue weighted by Crippen LogP contribution is 2.28. The first-order chi connectivity index (χ1) is 12.2. The van der Waals surface area contributed by atoms with Crippen LogP contribution in [-0.2, 0) is 0 Å². The third kappa shape index (κ3) is 3.27. The number of tetrazole rings is 1. The lowest BCUT2D eigenvalue weighted by atomic mass is 10.2. The lowest BCUT2D eigenvalue weighted by Crippen LogP contribution is -2.05. The maximum atomic E-state index is 5.39. The molecule has 0 saturated carbocycles. The molecule has 0 radical (unpaired) electrons. The number of hydrogen-bond acceptors (Lipinski definition) is 9. The molecule has 0 unspecified atom stereocenters. The van der Waals surface area contributed by atoms with Gasteiger partial charge < -0.3 is 20.1 Å². The summed E-state index contributed by atoms with van der Waals surface area (Å²) >= 11 is 0. The summed E-state index contributed by atoms with van der Waals surface area (Å²) in [5.41, 5.74) is 1.47. The first-order valence-corrected chi connectivity index (χ1v) is 7.45. The molecule has 130 valence electrons. The molecule has 10 heteroatoms. The molecule has 2 N–H and O–H groups in total. The van der Waals surface area contributed by atoms with Crippen molar-refractivity contribution in [1.82, 2.24) is 30.2 Å². The lowest BCUT2D eigenvalue weighted by Gasteiger charge is -2.13. The summed E-state index contributed by atoms with van der Waals surface area (Å²) in [4.78, 5) is 8.61. The van der Waals surface area contributed by atoms with Gasteiger partial charge in [0, 0.05) is 12.7 Å². The minimum absolute atomic E-state index is 0.426. The molecule has 10 nitrogen and oxygen atoms in total. The number of nitrogens with zero attached hydrogens (tertiary/aromatic N) is 6. The van der Waals surface area contributed by atoms with Crippen LogP contribution < -0.4 is 20.1 Å². The predicted molar refractivity (Wildman–Crippen MR) is 91.9 cm³/mol. The van der Waals surface area contributed by atoms with Gasteiger partial charge in [-0.3, -0.25) is 0 Å². The Morgan fingerprint density at radius 1 is 1.12 bits per heavy atom. The highest BCUT2D eigenvalue weighted by molar-refractivity contribution is 5.63. The number of anilines is 3. The summed E-state index contributed by atoms with van der Waals surface area (Å²) < 4.78 is 12.2. The van der Waals surface area contributed by atoms with Crippen molar-refractivity contribution < 1.29 is 9.47 Å². The van der Waals surface area contributed by atoms with E-state index in [2.05, 4.69) is 36.1 Å². The van der Waals surface area contributed by atoms with Crippen LogP contribution in [0.25, 0.3) is 5.69 Å². The molecule has 0 aliphatic rings. The lowest BCUT2D eigenvalue weighted by molar-refractivity contribution is 0.411. The van der Waals surface area contributed by atoms with E-state index in [1.807, 2.05) is 25.1 Å². The van der Waals surface area contributed by atoms with E-state index in [9.17, 15) is 0 Å². The van der Waals surface area contributed by atoms with Crippen molar-refractivity contribution in [2.45, 2.75) is 6.92 Å². The van der Waals surface area contributed by atoms with Crippen LogP contribution >= 0.6 is 0 Å². The average molecular weight is 342 g/mol. The smallest absolute Gasteiger partial charge is 0.229 e. The van der Waals surface area contributed by atoms with Gasteiger partial charge in [-0.1, -0.05) is 0 Å². The fourth-order valence-corrected chi connectivity index (χ4v) is 2.28. The highest BCUT2D eigenvalue weighted by atomic mass is 16.5. The van der Waals surface area contributed by atoms with Gasteiger partial charge in [0.05, 0.1) is 20.4 Å². The Morgan fingerprint density at radius 3 is 2.56 bits per heavy atom. The molecular formula is C15H18N8O2. The largest absolute Gasteiger partial charge is 0.494 e. The number of nitrogens with one attached hydrogen (secondary N) is 2. The number of ether oxygens (including phenoxy) is 2. The van der Waals surface area contributed by atoms with Gasteiger partial charge in [-0.15, -0.1) is 5.10 Å². The summed E-state index contributed by atoms with van der Waals surface area (Å²) in [5.74, 6) is 2.87. The molecule has 2 aromatic heterocycles. The molecule has 0 aliphatic carbocycles. The molecule has 3 rings (SSSR count). The van der Waals surface area contributed by atoms with Crippen LogP contribution in [0.4, 0.5) is 17.5 Å². The van der Waals surface area contributed by atoms with Gasteiger partial charge in [0.1, 0.15) is 11.4 Å². The number of methoxy groups -OCH3 is 2. The molecule has 0 atom stereocenters. The van der Waals surface area contributed by atoms with E-state index >= 15 is 0 Å². The Balaban J connectivity index is 1.95. The molecule has 0 amide bonds. The van der Waals surface area contributed by atoms with Gasteiger partial charge in [-0.25, -0.2) is 4.98 Å². The molecule has 0 spiro atoms. The summed E-state index contributed by atoms with van der Waals surface area (Å²) in [6, 6.07) is 5.53. The van der Waals surface area contributed by atoms with Crippen molar-refractivity contribution >= 4 is 17.5 Å². The Bertz CT molecular complexity index is 880. The second-order valence-corrected chi connectivity index (χ2v) is 5.01. The van der Waals surface area contributed by atoms with Gasteiger partial charge >= 0.3 is 0 Å². The van der Waals surface area contributed by atoms with Crippen LogP contribution in [0.1, 0.15) is 5.82 Å². The summed E-state index contributed by atoms with van der Waals surface area (Å²) in [6.45, 7) is 1.81. The van der Waals surface area contributed by atoms with Crippen LogP contribution in [0.5, 0.6) is 11.5 Å². The fourth-order valence-electron chi connectivity index (χ4n) is 2.28. The maximum absolute atomic E-state index is 5.39. The van der Waals surface area contributed by atoms with Gasteiger partial charge in [0.15, 0.2) is 17.4 Å². The summed E-state index contributed by atoms with van der Waals surface area (Å²) in [7, 11) is 4.93. The minimum atomic E-state index is 0.426. The molecule has 2 heterocycles. The predicted octanol–water partition coefficient (Wildman–Crippen LogP) is 1.56. The van der Waals surface area contributed by atoms with Crippen LogP contribution in [0.3, 0.4) is 0 Å². The van der Waals surface area contributed by atoms with Crippen molar-refractivity contribution in [3.05, 3.63) is 30.2 Å². The van der Waals surface area contributed by atoms with Crippen LogP contribution in [0, 0.1) is 6.92 Å². The number of aromatic nitrogens is 6. The van der Waals surface area contributed by atoms with Gasteiger partial charge in [0.2, 0.25) is 5.95 Å². The molecule has 0 aliphatic heterocycles. The van der Waals surface area contributed by atoms with Crippen molar-refractivity contribution in [3.8, 4) is 17.2 Å². The maximum Gasteiger partial charge on any atom is 0.229 e. The third-order valence-corrected chi connectivity index (χ3v) is 3.50. The van der Waals surface area contributed by atoms with Crippen molar-refractivity contribution in [2.75, 3.05) is 31.9 Å². The Morgan fingerprint density at radius 2 is 1.92 bits per heavy atom. The topological polar surface area (TPSA) is 112 Å². The zero-order valence-corrected chi connectivity index (χ0v) is 14.3. The summed E-state index contributed by atoms with van der Waals surface area (Å²) in [5, 5.41) is 17.7. The highest BCUT2D eigenvalue weighted by Gasteiger charge is 2.12. The molecule has 0 fully saturated rings. The molecular weight excluding hydrogens is 324 g/mol. The first-order valence-electron chi connectivity index (χ1n) is 7.45. The molecule has 1 aromatic carbocycles. The summed E-state index contributed by atoms with van der Waals surface area (Å²) in [6.07, 6.45) is 1.59. The molecule has 0 saturated heterocycles. The van der Waals surface area contributed by atoms with Crippen molar-refractivity contribution in [1.29, 1.82) is 0 Å². The number of hydrogen-bond donors (Lipinski definition) is 2. The second-order valence-electron chi connectivity index (χ2n) is 5.01. The fraction of sp³-hybridized carbons (Fsp3) is 0.267. The Kier molecular flexibility index (Phi) is 4.59. The number of aryl methyl sites for hydroxylation is 1. The SMILES string of the molecule is CNc1nc(Nc2ccc(OC)c(-n3nnnc3C)c2)ncc1OC. The van der Waals surface area contributed by atoms with Crippen LogP contribution in [0.15, 0.2) is 24.4 Å². The van der Waals surface area contributed by atoms with E-state index in [-0.39, 0.29) is 0 Å².